The Balaban J connectivity index is 2.24. The highest BCUT2D eigenvalue weighted by Gasteiger charge is 2.17. The van der Waals surface area contributed by atoms with Crippen molar-refractivity contribution in [2.75, 3.05) is 0 Å². The fourth-order valence-corrected chi connectivity index (χ4v) is 2.49. The van der Waals surface area contributed by atoms with Gasteiger partial charge in [-0.2, -0.15) is 0 Å². The molecule has 98 valence electrons. The second-order valence-corrected chi connectivity index (χ2v) is 4.63. The van der Waals surface area contributed by atoms with Crippen molar-refractivity contribution in [1.82, 2.24) is 0 Å². The van der Waals surface area contributed by atoms with E-state index in [1.165, 1.54) is 11.1 Å². The highest BCUT2D eigenvalue weighted by atomic mass is 16.3. The van der Waals surface area contributed by atoms with Crippen LogP contribution >= 0.6 is 0 Å². The normalized spacial score (nSPS) is 16.3. The van der Waals surface area contributed by atoms with Crippen LogP contribution < -0.4 is 0 Å². The van der Waals surface area contributed by atoms with Crippen molar-refractivity contribution >= 4 is 5.69 Å². The smallest absolute Gasteiger partial charge is 0.108 e. The van der Waals surface area contributed by atoms with Gasteiger partial charge in [0.2, 0.25) is 0 Å². The molecule has 0 amide bonds. The fraction of sp³-hybridized carbons (Fsp3) is 0.333. The predicted molar refractivity (Wildman–Crippen MR) is 76.1 cm³/mol. The molecule has 1 atom stereocenters. The topological polar surface area (TPSA) is 58.9 Å². The Morgan fingerprint density at radius 3 is 2.26 bits per heavy atom. The molecule has 0 spiro atoms. The Labute approximate surface area is 112 Å². The predicted octanol–water partition coefficient (Wildman–Crippen LogP) is 4.95. The first-order valence-corrected chi connectivity index (χ1v) is 6.44. The molecular weight excluding hydrogens is 240 g/mol. The minimum absolute atomic E-state index is 0.324. The second-order valence-electron chi connectivity index (χ2n) is 4.63. The molecule has 1 aromatic rings. The standard InChI is InChI=1S/C15H16N2O2/c1-2-15(11-3-7-13(16-18)8-4-11)12-5-9-14(17-19)10-6-12/h3-5,7-9,15H,2,6,10H2,1H3. The number of nitroso groups, excluding NO2 is 2. The Bertz CT molecular complexity index is 530. The molecule has 4 heteroatoms. The third-order valence-electron chi connectivity index (χ3n) is 3.53. The molecule has 0 fully saturated rings. The molecule has 0 aliphatic heterocycles. The van der Waals surface area contributed by atoms with Crippen molar-refractivity contribution in [2.45, 2.75) is 32.1 Å². The van der Waals surface area contributed by atoms with Gasteiger partial charge >= 0.3 is 0 Å². The van der Waals surface area contributed by atoms with E-state index in [0.717, 1.165) is 12.8 Å². The monoisotopic (exact) mass is 256 g/mol. The first-order valence-electron chi connectivity index (χ1n) is 6.44. The summed E-state index contributed by atoms with van der Waals surface area (Å²) in [5, 5.41) is 5.89. The number of hydrogen-bond acceptors (Lipinski definition) is 4. The van der Waals surface area contributed by atoms with Crippen LogP contribution in [0.2, 0.25) is 0 Å². The summed E-state index contributed by atoms with van der Waals surface area (Å²) < 4.78 is 0. The lowest BCUT2D eigenvalue weighted by Gasteiger charge is -2.21. The first-order chi connectivity index (χ1) is 9.28. The summed E-state index contributed by atoms with van der Waals surface area (Å²) >= 11 is 0. The van der Waals surface area contributed by atoms with Gasteiger partial charge in [0, 0.05) is 5.92 Å². The van der Waals surface area contributed by atoms with Crippen molar-refractivity contribution < 1.29 is 0 Å². The van der Waals surface area contributed by atoms with Crippen LogP contribution in [0.3, 0.4) is 0 Å². The molecule has 0 radical (unpaired) electrons. The van der Waals surface area contributed by atoms with Gasteiger partial charge in [0.25, 0.3) is 0 Å². The van der Waals surface area contributed by atoms with E-state index in [9.17, 15) is 9.81 Å². The highest BCUT2D eigenvalue weighted by Crippen LogP contribution is 2.34. The molecule has 0 aromatic heterocycles. The van der Waals surface area contributed by atoms with Crippen molar-refractivity contribution in [1.29, 1.82) is 0 Å². The van der Waals surface area contributed by atoms with Gasteiger partial charge in [-0.05, 0) is 53.4 Å². The number of allylic oxidation sites excluding steroid dienone is 4. The van der Waals surface area contributed by atoms with Gasteiger partial charge in [-0.25, -0.2) is 0 Å². The van der Waals surface area contributed by atoms with Crippen LogP contribution in [0.25, 0.3) is 0 Å². The van der Waals surface area contributed by atoms with Crippen molar-refractivity contribution in [3.8, 4) is 0 Å². The molecule has 19 heavy (non-hydrogen) atoms. The first kappa shape index (κ1) is 13.3. The zero-order valence-corrected chi connectivity index (χ0v) is 10.9. The van der Waals surface area contributed by atoms with Gasteiger partial charge in [-0.1, -0.05) is 30.7 Å². The minimum Gasteiger partial charge on any atom is -0.145 e. The van der Waals surface area contributed by atoms with Crippen LogP contribution in [0, 0.1) is 9.81 Å². The third kappa shape index (κ3) is 3.02. The van der Waals surface area contributed by atoms with Gasteiger partial charge in [-0.3, -0.25) is 0 Å². The van der Waals surface area contributed by atoms with Crippen LogP contribution in [0.4, 0.5) is 5.69 Å². The van der Waals surface area contributed by atoms with Gasteiger partial charge < -0.3 is 0 Å². The Morgan fingerprint density at radius 1 is 1.05 bits per heavy atom. The number of rotatable bonds is 5. The van der Waals surface area contributed by atoms with Crippen molar-refractivity contribution in [2.24, 2.45) is 10.4 Å². The zero-order chi connectivity index (χ0) is 13.7. The van der Waals surface area contributed by atoms with Crippen LogP contribution in [-0.4, -0.2) is 0 Å². The van der Waals surface area contributed by atoms with Gasteiger partial charge in [0.1, 0.15) is 5.69 Å². The quantitative estimate of drug-likeness (QED) is 0.700. The van der Waals surface area contributed by atoms with Crippen LogP contribution in [0.1, 0.15) is 37.7 Å². The van der Waals surface area contributed by atoms with E-state index in [4.69, 9.17) is 0 Å². The maximum absolute atomic E-state index is 10.5. The lowest BCUT2D eigenvalue weighted by Crippen LogP contribution is -2.04. The minimum atomic E-state index is 0.324. The summed E-state index contributed by atoms with van der Waals surface area (Å²) in [6, 6.07) is 7.37. The molecule has 0 saturated heterocycles. The van der Waals surface area contributed by atoms with Gasteiger partial charge in [0.15, 0.2) is 0 Å². The van der Waals surface area contributed by atoms with Crippen molar-refractivity contribution in [3.05, 3.63) is 63.1 Å². The van der Waals surface area contributed by atoms with Crippen LogP contribution in [0.5, 0.6) is 0 Å². The van der Waals surface area contributed by atoms with Crippen molar-refractivity contribution in [3.63, 3.8) is 0 Å². The van der Waals surface area contributed by atoms with E-state index in [1.54, 1.807) is 18.2 Å². The van der Waals surface area contributed by atoms with E-state index in [1.807, 2.05) is 18.2 Å². The van der Waals surface area contributed by atoms with E-state index >= 15 is 0 Å². The fourth-order valence-electron chi connectivity index (χ4n) is 2.49. The summed E-state index contributed by atoms with van der Waals surface area (Å²) in [7, 11) is 0. The average molecular weight is 256 g/mol. The lowest BCUT2D eigenvalue weighted by molar-refractivity contribution is 0.701. The molecule has 1 aromatic carbocycles. The molecule has 0 N–H and O–H groups in total. The van der Waals surface area contributed by atoms with E-state index < -0.39 is 0 Å². The largest absolute Gasteiger partial charge is 0.145 e. The Kier molecular flexibility index (Phi) is 4.34. The van der Waals surface area contributed by atoms with Gasteiger partial charge in [0.05, 0.1) is 5.70 Å². The molecule has 1 unspecified atom stereocenters. The van der Waals surface area contributed by atoms with Crippen LogP contribution in [0.15, 0.2) is 58.0 Å². The van der Waals surface area contributed by atoms with Gasteiger partial charge in [-0.15, -0.1) is 9.81 Å². The molecule has 0 heterocycles. The summed E-state index contributed by atoms with van der Waals surface area (Å²) in [5.41, 5.74) is 3.54. The molecule has 0 saturated carbocycles. The number of nitrogens with zero attached hydrogens (tertiary/aromatic N) is 2. The molecule has 1 aliphatic carbocycles. The Hall–Kier alpha value is -2.10. The van der Waals surface area contributed by atoms with E-state index in [2.05, 4.69) is 17.3 Å². The average Bonchev–Trinajstić information content (AvgIpc) is 2.49. The second kappa shape index (κ2) is 6.18. The SMILES string of the molecule is CCC(C1=CC=C(N=O)CC1)c1ccc(N=O)cc1. The summed E-state index contributed by atoms with van der Waals surface area (Å²) in [5.74, 6) is 0.324. The molecule has 0 bridgehead atoms. The third-order valence-corrected chi connectivity index (χ3v) is 3.53. The maximum Gasteiger partial charge on any atom is 0.108 e. The molecular formula is C15H16N2O2. The summed E-state index contributed by atoms with van der Waals surface area (Å²) in [6.45, 7) is 2.13. The number of hydrogen-bond donors (Lipinski definition) is 0. The number of benzene rings is 1. The van der Waals surface area contributed by atoms with E-state index in [0.29, 0.717) is 23.7 Å². The molecule has 1 aliphatic rings. The van der Waals surface area contributed by atoms with E-state index in [-0.39, 0.29) is 0 Å². The summed E-state index contributed by atoms with van der Waals surface area (Å²) in [6.07, 6.45) is 6.36. The molecule has 2 rings (SSSR count). The molecule has 4 nitrogen and oxygen atoms in total. The van der Waals surface area contributed by atoms with Crippen LogP contribution in [-0.2, 0) is 0 Å². The Morgan fingerprint density at radius 2 is 1.79 bits per heavy atom. The highest BCUT2D eigenvalue weighted by molar-refractivity contribution is 5.42. The lowest BCUT2D eigenvalue weighted by atomic mass is 9.84. The summed E-state index contributed by atoms with van der Waals surface area (Å²) in [4.78, 5) is 20.9. The maximum atomic E-state index is 10.5. The zero-order valence-electron chi connectivity index (χ0n) is 10.9.